The summed E-state index contributed by atoms with van der Waals surface area (Å²) in [5.41, 5.74) is 4.92. The summed E-state index contributed by atoms with van der Waals surface area (Å²) in [5.74, 6) is 0. The van der Waals surface area contributed by atoms with Crippen molar-refractivity contribution in [2.75, 3.05) is 9.80 Å². The van der Waals surface area contributed by atoms with E-state index in [4.69, 9.17) is 25.3 Å². The van der Waals surface area contributed by atoms with Crippen LogP contribution in [0, 0.1) is 0 Å². The number of nitrogens with zero attached hydrogens (tertiary/aromatic N) is 2. The van der Waals surface area contributed by atoms with Crippen molar-refractivity contribution in [1.29, 1.82) is 0 Å². The largest absolute Gasteiger partial charge is 0.310 e. The second-order valence-corrected chi connectivity index (χ2v) is 10.5. The highest BCUT2D eigenvalue weighted by Gasteiger charge is 2.19. The molecule has 0 radical (unpaired) electrons. The molecule has 0 spiro atoms. The number of benzene rings is 7. The van der Waals surface area contributed by atoms with Gasteiger partial charge in [-0.3, -0.25) is 0 Å². The molecule has 0 saturated heterocycles. The van der Waals surface area contributed by atoms with Gasteiger partial charge in [-0.05, 0) is 89.0 Å². The Balaban J connectivity index is 1.49. The van der Waals surface area contributed by atoms with Gasteiger partial charge in [0.2, 0.25) is 0 Å². The highest BCUT2D eigenvalue weighted by atomic mass is 35.5. The maximum Gasteiger partial charge on any atom is 0.0629 e. The van der Waals surface area contributed by atoms with Crippen LogP contribution < -0.4 is 9.80 Å². The van der Waals surface area contributed by atoms with Crippen LogP contribution in [0.15, 0.2) is 188 Å². The van der Waals surface area contributed by atoms with Gasteiger partial charge in [0.15, 0.2) is 0 Å². The zero-order chi connectivity index (χ0) is 39.1. The summed E-state index contributed by atoms with van der Waals surface area (Å²) in [5, 5.41) is 0.401. The standard InChI is InChI=1S/C42H31ClN2/c43-36-29-41(44(37-21-9-3-10-22-37)38-23-11-4-12-24-38)31-42(30-36)45(39-25-13-19-34(27-39)32-15-5-1-6-16-32)40-26-14-20-35(28-40)33-17-7-2-8-18-33/h1-31H/i1D,2D,5D,6D,7D,8D,15D,16D,17D,18D. The SMILES string of the molecule is [2H]c1c([2H])c([2H])c(-c2cccc(N(c3cccc(-c4c([2H])c([2H])c([2H])c([2H])c4[2H])c3)c3cc(Cl)cc(N(c4ccccc4)c4ccccc4)c3)c2)c([2H])c1[2H]. The fourth-order valence-corrected chi connectivity index (χ4v) is 5.48. The van der Waals surface area contributed by atoms with Crippen LogP contribution in [0.1, 0.15) is 13.7 Å². The first-order valence-electron chi connectivity index (χ1n) is 19.2. The molecule has 0 unspecified atom stereocenters. The molecule has 0 atom stereocenters. The van der Waals surface area contributed by atoms with Gasteiger partial charge in [-0.15, -0.1) is 0 Å². The van der Waals surface area contributed by atoms with Crippen molar-refractivity contribution in [2.24, 2.45) is 0 Å². The van der Waals surface area contributed by atoms with E-state index in [1.165, 1.54) is 0 Å². The molecule has 216 valence electrons. The molecule has 0 amide bonds. The maximum atomic E-state index is 8.67. The van der Waals surface area contributed by atoms with Crippen LogP contribution in [-0.4, -0.2) is 0 Å². The number of hydrogen-bond donors (Lipinski definition) is 0. The molecule has 0 aliphatic heterocycles. The highest BCUT2D eigenvalue weighted by Crippen LogP contribution is 2.43. The normalized spacial score (nSPS) is 13.9. The minimum Gasteiger partial charge on any atom is -0.310 e. The van der Waals surface area contributed by atoms with E-state index in [-0.39, 0.29) is 35.3 Å². The van der Waals surface area contributed by atoms with E-state index in [1.54, 1.807) is 42.5 Å². The van der Waals surface area contributed by atoms with Gasteiger partial charge in [-0.25, -0.2) is 0 Å². The maximum absolute atomic E-state index is 8.67. The zero-order valence-electron chi connectivity index (χ0n) is 33.9. The van der Waals surface area contributed by atoms with E-state index in [0.29, 0.717) is 38.9 Å². The van der Waals surface area contributed by atoms with E-state index < -0.39 is 36.3 Å². The molecule has 0 heterocycles. The van der Waals surface area contributed by atoms with Gasteiger partial charge in [0.25, 0.3) is 0 Å². The number of rotatable bonds is 8. The topological polar surface area (TPSA) is 6.48 Å². The first-order valence-corrected chi connectivity index (χ1v) is 14.6. The molecule has 0 N–H and O–H groups in total. The second-order valence-electron chi connectivity index (χ2n) is 10.1. The zero-order valence-corrected chi connectivity index (χ0v) is 24.7. The van der Waals surface area contributed by atoms with E-state index in [1.807, 2.05) is 89.8 Å². The molecule has 2 nitrogen and oxygen atoms in total. The van der Waals surface area contributed by atoms with Gasteiger partial charge in [0, 0.05) is 39.1 Å². The Morgan fingerprint density at radius 3 is 1.20 bits per heavy atom. The molecule has 0 saturated carbocycles. The van der Waals surface area contributed by atoms with Gasteiger partial charge in [0.05, 0.1) is 13.7 Å². The fraction of sp³-hybridized carbons (Fsp3) is 0. The molecule has 0 aliphatic carbocycles. The second kappa shape index (κ2) is 13.0. The minimum absolute atomic E-state index is 0.0341. The molecule has 7 rings (SSSR count). The van der Waals surface area contributed by atoms with Crippen molar-refractivity contribution in [3.8, 4) is 22.3 Å². The van der Waals surface area contributed by atoms with Gasteiger partial charge in [0.1, 0.15) is 0 Å². The molecular weight excluding hydrogens is 568 g/mol. The summed E-state index contributed by atoms with van der Waals surface area (Å²) in [6.45, 7) is 0. The van der Waals surface area contributed by atoms with Crippen LogP contribution in [0.5, 0.6) is 0 Å². The number of para-hydroxylation sites is 2. The Bertz CT molecular complexity index is 2380. The van der Waals surface area contributed by atoms with Crippen LogP contribution in [0.4, 0.5) is 34.1 Å². The molecule has 3 heteroatoms. The Kier molecular flexibility index (Phi) is 5.46. The van der Waals surface area contributed by atoms with Crippen LogP contribution in [0.2, 0.25) is 5.02 Å². The van der Waals surface area contributed by atoms with Gasteiger partial charge < -0.3 is 9.80 Å². The third-order valence-electron chi connectivity index (χ3n) is 7.20. The monoisotopic (exact) mass is 608 g/mol. The lowest BCUT2D eigenvalue weighted by molar-refractivity contribution is 1.25. The van der Waals surface area contributed by atoms with Gasteiger partial charge in [-0.1, -0.05) is 133 Å². The summed E-state index contributed by atoms with van der Waals surface area (Å²) in [7, 11) is 0. The third kappa shape index (κ3) is 6.24. The highest BCUT2D eigenvalue weighted by molar-refractivity contribution is 6.31. The number of anilines is 6. The van der Waals surface area contributed by atoms with Crippen LogP contribution in [0.25, 0.3) is 22.3 Å². The summed E-state index contributed by atoms with van der Waals surface area (Å²) >= 11 is 6.95. The Hall–Kier alpha value is -5.57. The minimum atomic E-state index is -0.492. The van der Waals surface area contributed by atoms with E-state index >= 15 is 0 Å². The van der Waals surface area contributed by atoms with E-state index in [0.717, 1.165) is 11.4 Å². The molecule has 0 aromatic heterocycles. The Morgan fingerprint density at radius 2 is 0.756 bits per heavy atom. The average molecular weight is 609 g/mol. The van der Waals surface area contributed by atoms with E-state index in [9.17, 15) is 0 Å². The summed E-state index contributed by atoms with van der Waals surface area (Å²) < 4.78 is 84.1. The summed E-state index contributed by atoms with van der Waals surface area (Å²) in [6.07, 6.45) is 0. The predicted octanol–water partition coefficient (Wildman–Crippen LogP) is 12.6. The molecule has 0 bridgehead atoms. The average Bonchev–Trinajstić information content (AvgIpc) is 3.19. The van der Waals surface area contributed by atoms with Crippen molar-refractivity contribution in [2.45, 2.75) is 0 Å². The third-order valence-corrected chi connectivity index (χ3v) is 7.42. The molecular formula is C42H31ClN2. The van der Waals surface area contributed by atoms with Crippen molar-refractivity contribution in [3.63, 3.8) is 0 Å². The molecule has 7 aromatic rings. The van der Waals surface area contributed by atoms with Crippen molar-refractivity contribution in [3.05, 3.63) is 193 Å². The van der Waals surface area contributed by atoms with Crippen LogP contribution >= 0.6 is 11.6 Å². The smallest absolute Gasteiger partial charge is 0.0629 e. The quantitative estimate of drug-likeness (QED) is 0.169. The van der Waals surface area contributed by atoms with Crippen molar-refractivity contribution >= 4 is 45.7 Å². The lowest BCUT2D eigenvalue weighted by Gasteiger charge is -2.30. The molecule has 45 heavy (non-hydrogen) atoms. The fourth-order valence-electron chi connectivity index (χ4n) is 5.26. The lowest BCUT2D eigenvalue weighted by Crippen LogP contribution is -2.13. The first kappa shape index (κ1) is 19.0. The molecule has 0 fully saturated rings. The van der Waals surface area contributed by atoms with E-state index in [2.05, 4.69) is 4.90 Å². The van der Waals surface area contributed by atoms with Crippen molar-refractivity contribution in [1.82, 2.24) is 0 Å². The first-order chi connectivity index (χ1) is 26.4. The predicted molar refractivity (Wildman–Crippen MR) is 192 cm³/mol. The van der Waals surface area contributed by atoms with Crippen molar-refractivity contribution < 1.29 is 13.7 Å². The van der Waals surface area contributed by atoms with Crippen LogP contribution in [0.3, 0.4) is 0 Å². The van der Waals surface area contributed by atoms with Crippen LogP contribution in [-0.2, 0) is 0 Å². The van der Waals surface area contributed by atoms with Gasteiger partial charge >= 0.3 is 0 Å². The summed E-state index contributed by atoms with van der Waals surface area (Å²) in [4.78, 5) is 3.92. The molecule has 0 aliphatic rings. The summed E-state index contributed by atoms with van der Waals surface area (Å²) in [6, 6.07) is 34.8. The number of hydrogen-bond acceptors (Lipinski definition) is 2. The van der Waals surface area contributed by atoms with Gasteiger partial charge in [-0.2, -0.15) is 0 Å². The lowest BCUT2D eigenvalue weighted by atomic mass is 10.0. The molecule has 7 aromatic carbocycles. The number of halogens is 1. The Labute approximate surface area is 284 Å². The Morgan fingerprint density at radius 1 is 0.356 bits per heavy atom.